The van der Waals surface area contributed by atoms with Gasteiger partial charge in [-0.1, -0.05) is 11.3 Å². The number of nitrogens with one attached hydrogen (secondary N) is 1. The maximum atomic E-state index is 11.0. The van der Waals surface area contributed by atoms with E-state index in [1.807, 2.05) is 0 Å². The van der Waals surface area contributed by atoms with Crippen molar-refractivity contribution in [3.8, 4) is 0 Å². The van der Waals surface area contributed by atoms with E-state index in [0.717, 1.165) is 5.56 Å². The Kier molecular flexibility index (Phi) is 4.26. The van der Waals surface area contributed by atoms with Crippen molar-refractivity contribution in [1.29, 1.82) is 0 Å². The van der Waals surface area contributed by atoms with Gasteiger partial charge in [0, 0.05) is 6.07 Å². The Hall–Kier alpha value is -2.48. The summed E-state index contributed by atoms with van der Waals surface area (Å²) in [6.45, 7) is 2.49. The summed E-state index contributed by atoms with van der Waals surface area (Å²) in [5.41, 5.74) is 1.95. The van der Waals surface area contributed by atoms with Crippen LogP contribution in [0.25, 0.3) is 0 Å². The van der Waals surface area contributed by atoms with Crippen LogP contribution in [-0.4, -0.2) is 31.6 Å². The molecule has 0 aliphatic carbocycles. The average molecular weight is 277 g/mol. The lowest BCUT2D eigenvalue weighted by Gasteiger charge is -2.05. The molecule has 0 aliphatic heterocycles. The second-order valence-electron chi connectivity index (χ2n) is 4.33. The van der Waals surface area contributed by atoms with E-state index in [2.05, 4.69) is 15.6 Å². The SMILES string of the molecule is Cc1ccc(NCc2cn(CCO)nn2)c([N+](=O)[O-])c1. The number of aliphatic hydroxyl groups is 1. The number of aromatic nitrogens is 3. The van der Waals surface area contributed by atoms with E-state index in [4.69, 9.17) is 5.11 Å². The van der Waals surface area contributed by atoms with E-state index in [0.29, 0.717) is 24.5 Å². The number of nitrogens with zero attached hydrogens (tertiary/aromatic N) is 4. The molecular weight excluding hydrogens is 262 g/mol. The summed E-state index contributed by atoms with van der Waals surface area (Å²) in [6.07, 6.45) is 1.68. The number of nitro groups is 1. The fourth-order valence-corrected chi connectivity index (χ4v) is 1.76. The molecule has 1 heterocycles. The van der Waals surface area contributed by atoms with Gasteiger partial charge in [0.05, 0.1) is 30.8 Å². The molecule has 0 saturated heterocycles. The van der Waals surface area contributed by atoms with E-state index in [1.54, 1.807) is 25.3 Å². The van der Waals surface area contributed by atoms with Crippen molar-refractivity contribution in [3.63, 3.8) is 0 Å². The maximum absolute atomic E-state index is 11.0. The van der Waals surface area contributed by atoms with Gasteiger partial charge in [0.1, 0.15) is 11.4 Å². The van der Waals surface area contributed by atoms with Gasteiger partial charge in [-0.3, -0.25) is 10.1 Å². The number of nitro benzene ring substituents is 1. The van der Waals surface area contributed by atoms with E-state index in [9.17, 15) is 10.1 Å². The van der Waals surface area contributed by atoms with Gasteiger partial charge in [-0.05, 0) is 18.6 Å². The Morgan fingerprint density at radius 3 is 3.00 bits per heavy atom. The standard InChI is InChI=1S/C12H15N5O3/c1-9-2-3-11(12(6-9)17(19)20)13-7-10-8-16(4-5-18)15-14-10/h2-3,6,8,13,18H,4-5,7H2,1H3. The van der Waals surface area contributed by atoms with E-state index in [-0.39, 0.29) is 12.3 Å². The van der Waals surface area contributed by atoms with E-state index >= 15 is 0 Å². The number of aliphatic hydroxyl groups excluding tert-OH is 1. The van der Waals surface area contributed by atoms with Crippen molar-refractivity contribution in [2.45, 2.75) is 20.0 Å². The third-order valence-corrected chi connectivity index (χ3v) is 2.73. The molecule has 0 radical (unpaired) electrons. The minimum Gasteiger partial charge on any atom is -0.394 e. The van der Waals surface area contributed by atoms with Crippen molar-refractivity contribution < 1.29 is 10.0 Å². The Bertz CT molecular complexity index is 611. The number of hydrogen-bond acceptors (Lipinski definition) is 6. The van der Waals surface area contributed by atoms with Gasteiger partial charge >= 0.3 is 0 Å². The molecule has 20 heavy (non-hydrogen) atoms. The Morgan fingerprint density at radius 2 is 2.30 bits per heavy atom. The first kappa shape index (κ1) is 13.9. The molecule has 2 rings (SSSR count). The average Bonchev–Trinajstić information content (AvgIpc) is 2.85. The smallest absolute Gasteiger partial charge is 0.292 e. The lowest BCUT2D eigenvalue weighted by atomic mass is 10.2. The summed E-state index contributed by atoms with van der Waals surface area (Å²) in [7, 11) is 0. The lowest BCUT2D eigenvalue weighted by molar-refractivity contribution is -0.384. The molecule has 0 bridgehead atoms. The quantitative estimate of drug-likeness (QED) is 0.605. The second-order valence-corrected chi connectivity index (χ2v) is 4.33. The second kappa shape index (κ2) is 6.11. The molecule has 0 fully saturated rings. The molecule has 0 saturated carbocycles. The lowest BCUT2D eigenvalue weighted by Crippen LogP contribution is -2.03. The van der Waals surface area contributed by atoms with Crippen LogP contribution in [0.2, 0.25) is 0 Å². The molecule has 0 spiro atoms. The summed E-state index contributed by atoms with van der Waals surface area (Å²) in [4.78, 5) is 10.6. The summed E-state index contributed by atoms with van der Waals surface area (Å²) in [5, 5.41) is 30.5. The summed E-state index contributed by atoms with van der Waals surface area (Å²) >= 11 is 0. The van der Waals surface area contributed by atoms with E-state index in [1.165, 1.54) is 10.7 Å². The van der Waals surface area contributed by atoms with Crippen LogP contribution in [0.5, 0.6) is 0 Å². The zero-order valence-corrected chi connectivity index (χ0v) is 11.0. The van der Waals surface area contributed by atoms with Gasteiger partial charge in [0.25, 0.3) is 5.69 Å². The Labute approximate surface area is 115 Å². The molecular formula is C12H15N5O3. The molecule has 2 N–H and O–H groups in total. The highest BCUT2D eigenvalue weighted by Gasteiger charge is 2.13. The predicted molar refractivity (Wildman–Crippen MR) is 72.3 cm³/mol. The molecule has 8 heteroatoms. The van der Waals surface area contributed by atoms with Gasteiger partial charge in [-0.15, -0.1) is 5.10 Å². The van der Waals surface area contributed by atoms with Crippen molar-refractivity contribution in [2.24, 2.45) is 0 Å². The van der Waals surface area contributed by atoms with Gasteiger partial charge < -0.3 is 10.4 Å². The molecule has 0 atom stereocenters. The first-order chi connectivity index (χ1) is 9.60. The highest BCUT2D eigenvalue weighted by atomic mass is 16.6. The fourth-order valence-electron chi connectivity index (χ4n) is 1.76. The third kappa shape index (κ3) is 3.29. The minimum absolute atomic E-state index is 0.0142. The minimum atomic E-state index is -0.419. The Balaban J connectivity index is 2.08. The number of aryl methyl sites for hydroxylation is 1. The van der Waals surface area contributed by atoms with Crippen molar-refractivity contribution in [2.75, 3.05) is 11.9 Å². The molecule has 0 unspecified atom stereocenters. The number of anilines is 1. The monoisotopic (exact) mass is 277 g/mol. The van der Waals surface area contributed by atoms with Gasteiger partial charge in [-0.2, -0.15) is 0 Å². The van der Waals surface area contributed by atoms with Crippen molar-refractivity contribution in [3.05, 3.63) is 45.8 Å². The van der Waals surface area contributed by atoms with Gasteiger partial charge in [0.15, 0.2) is 0 Å². The van der Waals surface area contributed by atoms with Crippen LogP contribution in [0.3, 0.4) is 0 Å². The summed E-state index contributed by atoms with van der Waals surface area (Å²) in [6, 6.07) is 4.99. The van der Waals surface area contributed by atoms with Crippen LogP contribution in [0, 0.1) is 17.0 Å². The molecule has 1 aromatic carbocycles. The molecule has 8 nitrogen and oxygen atoms in total. The topological polar surface area (TPSA) is 106 Å². The Morgan fingerprint density at radius 1 is 1.50 bits per heavy atom. The fraction of sp³-hybridized carbons (Fsp3) is 0.333. The first-order valence-corrected chi connectivity index (χ1v) is 6.09. The van der Waals surface area contributed by atoms with Crippen LogP contribution in [0.15, 0.2) is 24.4 Å². The predicted octanol–water partition coefficient (Wildman–Crippen LogP) is 1.10. The van der Waals surface area contributed by atoms with Crippen LogP contribution in [0.4, 0.5) is 11.4 Å². The van der Waals surface area contributed by atoms with Crippen LogP contribution < -0.4 is 5.32 Å². The highest BCUT2D eigenvalue weighted by molar-refractivity contribution is 5.62. The number of rotatable bonds is 6. The van der Waals surface area contributed by atoms with Gasteiger partial charge in [-0.25, -0.2) is 4.68 Å². The number of benzene rings is 1. The van der Waals surface area contributed by atoms with Crippen LogP contribution >= 0.6 is 0 Å². The van der Waals surface area contributed by atoms with Crippen LogP contribution in [-0.2, 0) is 13.1 Å². The summed E-state index contributed by atoms with van der Waals surface area (Å²) in [5.74, 6) is 0. The van der Waals surface area contributed by atoms with Gasteiger partial charge in [0.2, 0.25) is 0 Å². The van der Waals surface area contributed by atoms with Crippen LogP contribution in [0.1, 0.15) is 11.3 Å². The normalized spacial score (nSPS) is 10.5. The van der Waals surface area contributed by atoms with Crippen molar-refractivity contribution in [1.82, 2.24) is 15.0 Å². The molecule has 2 aromatic rings. The molecule has 0 amide bonds. The molecule has 106 valence electrons. The molecule has 0 aliphatic rings. The third-order valence-electron chi connectivity index (χ3n) is 2.73. The maximum Gasteiger partial charge on any atom is 0.292 e. The summed E-state index contributed by atoms with van der Waals surface area (Å²) < 4.78 is 1.51. The highest BCUT2D eigenvalue weighted by Crippen LogP contribution is 2.25. The zero-order valence-electron chi connectivity index (χ0n) is 11.0. The largest absolute Gasteiger partial charge is 0.394 e. The first-order valence-electron chi connectivity index (χ1n) is 6.09. The zero-order chi connectivity index (χ0) is 14.5. The number of hydrogen-bond donors (Lipinski definition) is 2. The van der Waals surface area contributed by atoms with Crippen molar-refractivity contribution >= 4 is 11.4 Å². The molecule has 1 aromatic heterocycles. The van der Waals surface area contributed by atoms with E-state index < -0.39 is 4.92 Å².